The molecule has 2 saturated heterocycles. The van der Waals surface area contributed by atoms with Crippen LogP contribution in [0.2, 0.25) is 0 Å². The maximum absolute atomic E-state index is 11.6. The summed E-state index contributed by atoms with van der Waals surface area (Å²) in [5.41, 5.74) is 1.79. The number of rotatable bonds is 2. The maximum atomic E-state index is 11.6. The van der Waals surface area contributed by atoms with E-state index in [1.165, 1.54) is 0 Å². The third kappa shape index (κ3) is 2.89. The molecule has 25 heavy (non-hydrogen) atoms. The predicted molar refractivity (Wildman–Crippen MR) is 88.6 cm³/mol. The van der Waals surface area contributed by atoms with Crippen molar-refractivity contribution in [3.8, 4) is 0 Å². The number of ether oxygens (including phenoxy) is 4. The van der Waals surface area contributed by atoms with E-state index in [0.29, 0.717) is 51.8 Å². The van der Waals surface area contributed by atoms with Gasteiger partial charge in [-0.15, -0.1) is 0 Å². The van der Waals surface area contributed by atoms with E-state index in [1.54, 1.807) is 6.07 Å². The number of nitrogens with zero attached hydrogens (tertiary/aromatic N) is 2. The monoisotopic (exact) mass is 350 g/mol. The van der Waals surface area contributed by atoms with Gasteiger partial charge in [0.05, 0.1) is 38.0 Å². The molecule has 3 aliphatic heterocycles. The van der Waals surface area contributed by atoms with Gasteiger partial charge in [-0.2, -0.15) is 0 Å². The van der Waals surface area contributed by atoms with Crippen LogP contribution in [0.25, 0.3) is 0 Å². The van der Waals surface area contributed by atoms with Gasteiger partial charge < -0.3 is 23.8 Å². The highest BCUT2D eigenvalue weighted by atomic mass is 16.7. The lowest BCUT2D eigenvalue weighted by molar-refractivity contribution is -0.384. The number of anilines is 1. The van der Waals surface area contributed by atoms with E-state index >= 15 is 0 Å². The molecule has 1 aromatic carbocycles. The van der Waals surface area contributed by atoms with Gasteiger partial charge in [0, 0.05) is 19.2 Å². The molecule has 1 aromatic rings. The molecule has 136 valence electrons. The van der Waals surface area contributed by atoms with E-state index in [2.05, 4.69) is 0 Å². The van der Waals surface area contributed by atoms with Gasteiger partial charge in [-0.25, -0.2) is 0 Å². The Morgan fingerprint density at radius 2 is 1.80 bits per heavy atom. The number of morpholine rings is 1. The Bertz CT molecular complexity index is 689. The summed E-state index contributed by atoms with van der Waals surface area (Å²) in [5.74, 6) is -0.648. The van der Waals surface area contributed by atoms with E-state index in [1.807, 2.05) is 24.8 Å². The topological polar surface area (TPSA) is 83.3 Å². The fourth-order valence-corrected chi connectivity index (χ4v) is 3.56. The van der Waals surface area contributed by atoms with Gasteiger partial charge >= 0.3 is 0 Å². The summed E-state index contributed by atoms with van der Waals surface area (Å²) < 4.78 is 23.0. The Hall–Kier alpha value is -1.74. The minimum absolute atomic E-state index is 0.110. The Labute approximate surface area is 145 Å². The molecule has 0 amide bonds. The quantitative estimate of drug-likeness (QED) is 0.595. The highest BCUT2D eigenvalue weighted by Crippen LogP contribution is 2.45. The third-order valence-corrected chi connectivity index (χ3v) is 5.05. The van der Waals surface area contributed by atoms with E-state index in [-0.39, 0.29) is 10.6 Å². The average Bonchev–Trinajstić information content (AvgIpc) is 2.95. The molecule has 3 heterocycles. The lowest BCUT2D eigenvalue weighted by atomic mass is 9.91. The van der Waals surface area contributed by atoms with E-state index < -0.39 is 11.4 Å². The first kappa shape index (κ1) is 16.7. The minimum atomic E-state index is -0.693. The second kappa shape index (κ2) is 5.91. The van der Waals surface area contributed by atoms with Crippen molar-refractivity contribution in [2.75, 3.05) is 44.4 Å². The van der Waals surface area contributed by atoms with Crippen molar-refractivity contribution in [1.82, 2.24) is 0 Å². The van der Waals surface area contributed by atoms with Crippen LogP contribution < -0.4 is 4.90 Å². The smallest absolute Gasteiger partial charge is 0.292 e. The van der Waals surface area contributed by atoms with Crippen molar-refractivity contribution < 1.29 is 23.9 Å². The molecule has 2 fully saturated rings. The largest absolute Gasteiger partial charge is 0.378 e. The van der Waals surface area contributed by atoms with Crippen LogP contribution in [-0.4, -0.2) is 50.2 Å². The number of hydrogen-bond acceptors (Lipinski definition) is 7. The zero-order valence-corrected chi connectivity index (χ0v) is 14.4. The molecule has 1 spiro atoms. The zero-order chi connectivity index (χ0) is 17.7. The fourth-order valence-electron chi connectivity index (χ4n) is 3.56. The first-order chi connectivity index (χ1) is 11.9. The predicted octanol–water partition coefficient (Wildman–Crippen LogP) is 1.94. The molecular formula is C17H22N2O6. The molecule has 0 aliphatic carbocycles. The van der Waals surface area contributed by atoms with Crippen molar-refractivity contribution in [3.63, 3.8) is 0 Å². The Morgan fingerprint density at radius 3 is 2.44 bits per heavy atom. The number of fused-ring (bicyclic) bond motifs is 2. The van der Waals surface area contributed by atoms with Crippen LogP contribution in [0.1, 0.15) is 25.0 Å². The van der Waals surface area contributed by atoms with Crippen LogP contribution in [0.3, 0.4) is 0 Å². The second-order valence-corrected chi connectivity index (χ2v) is 7.11. The molecule has 0 bridgehead atoms. The van der Waals surface area contributed by atoms with Crippen LogP contribution in [0, 0.1) is 10.1 Å². The molecule has 0 N–H and O–H groups in total. The molecule has 8 heteroatoms. The summed E-state index contributed by atoms with van der Waals surface area (Å²) in [6, 6.07) is 3.52. The van der Waals surface area contributed by atoms with Gasteiger partial charge in [-0.1, -0.05) is 0 Å². The second-order valence-electron chi connectivity index (χ2n) is 7.11. The van der Waals surface area contributed by atoms with Gasteiger partial charge in [0.2, 0.25) is 0 Å². The Balaban J connectivity index is 1.74. The van der Waals surface area contributed by atoms with Crippen molar-refractivity contribution in [1.29, 1.82) is 0 Å². The first-order valence-corrected chi connectivity index (χ1v) is 8.47. The standard InChI is InChI=1S/C17H22N2O6/c1-16(2)24-10-17(11-25-16)13-8-14(18-3-5-22-6-4-18)15(19(20)21)7-12(13)9-23-17/h7-8H,3-6,9-11H2,1-2H3. The maximum Gasteiger partial charge on any atom is 0.292 e. The summed E-state index contributed by atoms with van der Waals surface area (Å²) in [7, 11) is 0. The highest BCUT2D eigenvalue weighted by molar-refractivity contribution is 5.68. The molecular weight excluding hydrogens is 328 g/mol. The zero-order valence-electron chi connectivity index (χ0n) is 14.4. The molecule has 0 radical (unpaired) electrons. The first-order valence-electron chi connectivity index (χ1n) is 8.47. The van der Waals surface area contributed by atoms with Gasteiger partial charge in [0.1, 0.15) is 11.3 Å². The lowest BCUT2D eigenvalue weighted by Crippen LogP contribution is -2.49. The van der Waals surface area contributed by atoms with E-state index in [0.717, 1.165) is 11.1 Å². The van der Waals surface area contributed by atoms with Crippen LogP contribution in [-0.2, 0) is 31.2 Å². The van der Waals surface area contributed by atoms with Crippen molar-refractivity contribution in [2.45, 2.75) is 31.8 Å². The SMILES string of the molecule is CC1(C)OCC2(CO1)OCc1cc([N+](=O)[O-])c(N3CCOCC3)cc12. The molecule has 4 rings (SSSR count). The minimum Gasteiger partial charge on any atom is -0.378 e. The third-order valence-electron chi connectivity index (χ3n) is 5.05. The summed E-state index contributed by atoms with van der Waals surface area (Å²) in [4.78, 5) is 13.3. The number of nitro groups is 1. The van der Waals surface area contributed by atoms with Crippen molar-refractivity contribution in [3.05, 3.63) is 33.4 Å². The van der Waals surface area contributed by atoms with E-state index in [4.69, 9.17) is 18.9 Å². The van der Waals surface area contributed by atoms with Gasteiger partial charge in [-0.05, 0) is 31.0 Å². The summed E-state index contributed by atoms with van der Waals surface area (Å²) in [6.45, 7) is 7.19. The van der Waals surface area contributed by atoms with Crippen LogP contribution >= 0.6 is 0 Å². The van der Waals surface area contributed by atoms with Gasteiger partial charge in [0.25, 0.3) is 5.69 Å². The van der Waals surface area contributed by atoms with Gasteiger partial charge in [-0.3, -0.25) is 10.1 Å². The van der Waals surface area contributed by atoms with Crippen molar-refractivity contribution >= 4 is 11.4 Å². The lowest BCUT2D eigenvalue weighted by Gasteiger charge is -2.41. The van der Waals surface area contributed by atoms with Gasteiger partial charge in [0.15, 0.2) is 5.79 Å². The van der Waals surface area contributed by atoms with E-state index in [9.17, 15) is 10.1 Å². The number of benzene rings is 1. The molecule has 0 aromatic heterocycles. The molecule has 3 aliphatic rings. The van der Waals surface area contributed by atoms with Crippen LogP contribution in [0.15, 0.2) is 12.1 Å². The fraction of sp³-hybridized carbons (Fsp3) is 0.647. The Morgan fingerprint density at radius 1 is 1.12 bits per heavy atom. The number of hydrogen-bond donors (Lipinski definition) is 0. The molecule has 0 atom stereocenters. The highest BCUT2D eigenvalue weighted by Gasteiger charge is 2.48. The number of nitro benzene ring substituents is 1. The summed E-state index contributed by atoms with van der Waals surface area (Å²) in [6.07, 6.45) is 0. The van der Waals surface area contributed by atoms with Crippen LogP contribution in [0.5, 0.6) is 0 Å². The molecule has 0 saturated carbocycles. The molecule has 0 unspecified atom stereocenters. The summed E-state index contributed by atoms with van der Waals surface area (Å²) in [5, 5.41) is 11.6. The summed E-state index contributed by atoms with van der Waals surface area (Å²) >= 11 is 0. The average molecular weight is 350 g/mol. The van der Waals surface area contributed by atoms with Crippen LogP contribution in [0.4, 0.5) is 11.4 Å². The Kier molecular flexibility index (Phi) is 3.95. The normalized spacial score (nSPS) is 24.3. The molecule has 8 nitrogen and oxygen atoms in total. The van der Waals surface area contributed by atoms with Crippen molar-refractivity contribution in [2.24, 2.45) is 0 Å².